The molecule has 0 atom stereocenters. The van der Waals surface area contributed by atoms with Gasteiger partial charge in [-0.1, -0.05) is 23.5 Å². The summed E-state index contributed by atoms with van der Waals surface area (Å²) in [6, 6.07) is 14.2. The summed E-state index contributed by atoms with van der Waals surface area (Å²) in [4.78, 5) is 27.3. The minimum Gasteiger partial charge on any atom is -0.431 e. The highest BCUT2D eigenvalue weighted by molar-refractivity contribution is 7.11. The van der Waals surface area contributed by atoms with Gasteiger partial charge in [0.2, 0.25) is 5.91 Å². The van der Waals surface area contributed by atoms with E-state index >= 15 is 0 Å². The van der Waals surface area contributed by atoms with Crippen molar-refractivity contribution in [3.8, 4) is 10.9 Å². The number of hydrogen-bond acceptors (Lipinski definition) is 5. The van der Waals surface area contributed by atoms with Gasteiger partial charge in [0.15, 0.2) is 0 Å². The zero-order valence-corrected chi connectivity index (χ0v) is 14.9. The first kappa shape index (κ1) is 17.6. The summed E-state index contributed by atoms with van der Waals surface area (Å²) in [6.45, 7) is 1.84. The maximum absolute atomic E-state index is 12.2. The fourth-order valence-electron chi connectivity index (χ4n) is 2.23. The molecule has 1 heterocycles. The largest absolute Gasteiger partial charge is 0.431 e. The van der Waals surface area contributed by atoms with Crippen molar-refractivity contribution in [1.82, 2.24) is 10.3 Å². The third kappa shape index (κ3) is 4.90. The Labute approximate surface area is 154 Å². The quantitative estimate of drug-likeness (QED) is 0.694. The summed E-state index contributed by atoms with van der Waals surface area (Å²) in [6.07, 6.45) is 1.69. The van der Waals surface area contributed by atoms with Crippen molar-refractivity contribution in [1.29, 1.82) is 0 Å². The van der Waals surface area contributed by atoms with Gasteiger partial charge in [-0.25, -0.2) is 4.98 Å². The summed E-state index contributed by atoms with van der Waals surface area (Å²) in [5.74, 6) is 0.371. The minimum absolute atomic E-state index is 0.149. The summed E-state index contributed by atoms with van der Waals surface area (Å²) >= 11 is 1.42. The van der Waals surface area contributed by atoms with Gasteiger partial charge in [-0.05, 0) is 42.0 Å². The fourth-order valence-corrected chi connectivity index (χ4v) is 2.73. The van der Waals surface area contributed by atoms with Crippen LogP contribution in [0.1, 0.15) is 22.8 Å². The molecule has 0 aliphatic carbocycles. The smallest absolute Gasteiger partial charge is 0.278 e. The Morgan fingerprint density at radius 1 is 1.08 bits per heavy atom. The van der Waals surface area contributed by atoms with E-state index < -0.39 is 0 Å². The highest BCUT2D eigenvalue weighted by Crippen LogP contribution is 2.23. The van der Waals surface area contributed by atoms with Crippen LogP contribution in [0.2, 0.25) is 0 Å². The Bertz CT molecular complexity index is 875. The first-order chi connectivity index (χ1) is 12.6. The highest BCUT2D eigenvalue weighted by Gasteiger charge is 2.06. The number of thiazole rings is 1. The standard InChI is InChI=1S/C19H17N3O3S/c1-13(23)22-16-6-4-15(5-7-16)18(24)21-12-14-2-8-17(9-3-14)25-19-20-10-11-26-19/h2-11H,12H2,1H3,(H,21,24)(H,22,23). The van der Waals surface area contributed by atoms with Gasteiger partial charge in [0.05, 0.1) is 0 Å². The van der Waals surface area contributed by atoms with E-state index in [1.165, 1.54) is 18.3 Å². The molecule has 0 spiro atoms. The maximum atomic E-state index is 12.2. The molecule has 3 rings (SSSR count). The van der Waals surface area contributed by atoms with E-state index in [-0.39, 0.29) is 11.8 Å². The molecular weight excluding hydrogens is 350 g/mol. The molecule has 7 heteroatoms. The van der Waals surface area contributed by atoms with E-state index in [2.05, 4.69) is 15.6 Å². The third-order valence-corrected chi connectivity index (χ3v) is 4.11. The Balaban J connectivity index is 1.53. The monoisotopic (exact) mass is 367 g/mol. The molecule has 0 aliphatic rings. The number of nitrogens with one attached hydrogen (secondary N) is 2. The van der Waals surface area contributed by atoms with Gasteiger partial charge >= 0.3 is 0 Å². The maximum Gasteiger partial charge on any atom is 0.278 e. The number of carbonyl (C=O) groups excluding carboxylic acids is 2. The van der Waals surface area contributed by atoms with Crippen LogP contribution in [-0.4, -0.2) is 16.8 Å². The second-order valence-electron chi connectivity index (χ2n) is 5.49. The lowest BCUT2D eigenvalue weighted by atomic mass is 10.1. The number of amides is 2. The molecule has 6 nitrogen and oxygen atoms in total. The van der Waals surface area contributed by atoms with Crippen LogP contribution in [0.4, 0.5) is 5.69 Å². The lowest BCUT2D eigenvalue weighted by Crippen LogP contribution is -2.22. The van der Waals surface area contributed by atoms with E-state index in [4.69, 9.17) is 4.74 Å². The number of rotatable bonds is 6. The van der Waals surface area contributed by atoms with Gasteiger partial charge in [0, 0.05) is 36.3 Å². The van der Waals surface area contributed by atoms with E-state index in [9.17, 15) is 9.59 Å². The lowest BCUT2D eigenvalue weighted by Gasteiger charge is -2.08. The van der Waals surface area contributed by atoms with E-state index in [1.807, 2.05) is 29.6 Å². The molecular formula is C19H17N3O3S. The molecule has 0 bridgehead atoms. The van der Waals surface area contributed by atoms with Gasteiger partial charge in [0.25, 0.3) is 11.1 Å². The SMILES string of the molecule is CC(=O)Nc1ccc(C(=O)NCc2ccc(Oc3nccs3)cc2)cc1. The number of carbonyl (C=O) groups is 2. The predicted octanol–water partition coefficient (Wildman–Crippen LogP) is 3.82. The summed E-state index contributed by atoms with van der Waals surface area (Å²) < 4.78 is 5.60. The van der Waals surface area contributed by atoms with Crippen molar-refractivity contribution in [3.05, 3.63) is 71.2 Å². The Hall–Kier alpha value is -3.19. The molecule has 2 N–H and O–H groups in total. The zero-order valence-electron chi connectivity index (χ0n) is 14.1. The van der Waals surface area contributed by atoms with Crippen molar-refractivity contribution in [2.45, 2.75) is 13.5 Å². The first-order valence-corrected chi connectivity index (χ1v) is 8.80. The first-order valence-electron chi connectivity index (χ1n) is 7.92. The Kier molecular flexibility index (Phi) is 5.60. The van der Waals surface area contributed by atoms with E-state index in [1.54, 1.807) is 30.5 Å². The number of aromatic nitrogens is 1. The lowest BCUT2D eigenvalue weighted by molar-refractivity contribution is -0.114. The molecule has 1 aromatic heterocycles. The minimum atomic E-state index is -0.178. The number of ether oxygens (including phenoxy) is 1. The predicted molar refractivity (Wildman–Crippen MR) is 101 cm³/mol. The molecule has 0 saturated carbocycles. The van der Waals surface area contributed by atoms with Gasteiger partial charge < -0.3 is 15.4 Å². The molecule has 0 saturated heterocycles. The fraction of sp³-hybridized carbons (Fsp3) is 0.105. The van der Waals surface area contributed by atoms with Crippen molar-refractivity contribution in [2.24, 2.45) is 0 Å². The number of nitrogens with zero attached hydrogens (tertiary/aromatic N) is 1. The third-order valence-electron chi connectivity index (χ3n) is 3.46. The van der Waals surface area contributed by atoms with Gasteiger partial charge in [0.1, 0.15) is 5.75 Å². The Morgan fingerprint density at radius 2 is 1.81 bits per heavy atom. The summed E-state index contributed by atoms with van der Waals surface area (Å²) in [7, 11) is 0. The molecule has 3 aromatic rings. The number of benzene rings is 2. The molecule has 0 unspecified atom stereocenters. The van der Waals surface area contributed by atoms with Gasteiger partial charge in [-0.3, -0.25) is 9.59 Å². The van der Waals surface area contributed by atoms with E-state index in [0.717, 1.165) is 5.56 Å². The number of anilines is 1. The average Bonchev–Trinajstić information content (AvgIpc) is 3.14. The average molecular weight is 367 g/mol. The molecule has 2 aromatic carbocycles. The van der Waals surface area contributed by atoms with Gasteiger partial charge in [-0.15, -0.1) is 0 Å². The second kappa shape index (κ2) is 8.26. The van der Waals surface area contributed by atoms with Crippen LogP contribution >= 0.6 is 11.3 Å². The number of hydrogen-bond donors (Lipinski definition) is 2. The molecule has 0 fully saturated rings. The van der Waals surface area contributed by atoms with Crippen molar-refractivity contribution in [3.63, 3.8) is 0 Å². The summed E-state index contributed by atoms with van der Waals surface area (Å²) in [5.41, 5.74) is 2.15. The van der Waals surface area contributed by atoms with Crippen LogP contribution in [0, 0.1) is 0 Å². The second-order valence-corrected chi connectivity index (χ2v) is 6.34. The molecule has 0 aliphatic heterocycles. The van der Waals surface area contributed by atoms with Crippen molar-refractivity contribution >= 4 is 28.8 Å². The molecule has 132 valence electrons. The zero-order chi connectivity index (χ0) is 18.4. The summed E-state index contributed by atoms with van der Waals surface area (Å²) in [5, 5.41) is 7.97. The van der Waals surface area contributed by atoms with Gasteiger partial charge in [-0.2, -0.15) is 0 Å². The topological polar surface area (TPSA) is 80.3 Å². The normalized spacial score (nSPS) is 10.2. The van der Waals surface area contributed by atoms with Crippen molar-refractivity contribution in [2.75, 3.05) is 5.32 Å². The van der Waals surface area contributed by atoms with E-state index in [0.29, 0.717) is 28.7 Å². The molecule has 26 heavy (non-hydrogen) atoms. The van der Waals surface area contributed by atoms with Crippen LogP contribution in [0.3, 0.4) is 0 Å². The van der Waals surface area contributed by atoms with Crippen LogP contribution in [-0.2, 0) is 11.3 Å². The van der Waals surface area contributed by atoms with Crippen LogP contribution in [0.25, 0.3) is 0 Å². The van der Waals surface area contributed by atoms with Crippen LogP contribution < -0.4 is 15.4 Å². The van der Waals surface area contributed by atoms with Crippen molar-refractivity contribution < 1.29 is 14.3 Å². The molecule has 2 amide bonds. The van der Waals surface area contributed by atoms with Crippen LogP contribution in [0.15, 0.2) is 60.1 Å². The highest BCUT2D eigenvalue weighted by atomic mass is 32.1. The van der Waals surface area contributed by atoms with Crippen LogP contribution in [0.5, 0.6) is 10.9 Å². The molecule has 0 radical (unpaired) electrons. The Morgan fingerprint density at radius 3 is 2.42 bits per heavy atom.